The van der Waals surface area contributed by atoms with E-state index in [9.17, 15) is 5.11 Å². The van der Waals surface area contributed by atoms with Crippen molar-refractivity contribution in [1.82, 2.24) is 20.2 Å². The van der Waals surface area contributed by atoms with E-state index in [1.807, 2.05) is 30.3 Å². The number of aliphatic hydroxyl groups excluding tert-OH is 1. The van der Waals surface area contributed by atoms with Crippen LogP contribution in [0.1, 0.15) is 24.5 Å². The number of tetrazole rings is 1. The Morgan fingerprint density at radius 3 is 3.00 bits per heavy atom. The van der Waals surface area contributed by atoms with Gasteiger partial charge in [-0.25, -0.2) is 4.68 Å². The molecule has 1 aliphatic rings. The standard InChI is InChI=1S/C14H18N4O2S/c19-13(11-5-2-1-3-6-11)10-21-14-15-16-17-18(14)9-12-7-4-8-20-12/h1-3,5-6,12-13,19H,4,7-10H2/t12-,13+/m1/s1. The molecule has 1 fully saturated rings. The monoisotopic (exact) mass is 306 g/mol. The third kappa shape index (κ3) is 3.81. The third-order valence-electron chi connectivity index (χ3n) is 3.45. The van der Waals surface area contributed by atoms with E-state index in [1.165, 1.54) is 11.8 Å². The molecule has 0 amide bonds. The van der Waals surface area contributed by atoms with Crippen LogP contribution in [-0.4, -0.2) is 43.8 Å². The summed E-state index contributed by atoms with van der Waals surface area (Å²) in [5, 5.41) is 22.6. The summed E-state index contributed by atoms with van der Waals surface area (Å²) in [4.78, 5) is 0. The maximum Gasteiger partial charge on any atom is 0.209 e. The lowest BCUT2D eigenvalue weighted by molar-refractivity contribution is 0.0911. The summed E-state index contributed by atoms with van der Waals surface area (Å²) in [5.41, 5.74) is 0.906. The van der Waals surface area contributed by atoms with Crippen LogP contribution in [-0.2, 0) is 11.3 Å². The van der Waals surface area contributed by atoms with Crippen LogP contribution >= 0.6 is 11.8 Å². The first-order chi connectivity index (χ1) is 10.3. The summed E-state index contributed by atoms with van der Waals surface area (Å²) in [5.74, 6) is 0.524. The molecule has 112 valence electrons. The molecule has 1 aromatic heterocycles. The fraction of sp³-hybridized carbons (Fsp3) is 0.500. The van der Waals surface area contributed by atoms with E-state index in [0.717, 1.165) is 30.2 Å². The summed E-state index contributed by atoms with van der Waals surface area (Å²) >= 11 is 1.46. The van der Waals surface area contributed by atoms with Gasteiger partial charge in [0.2, 0.25) is 5.16 Å². The molecule has 7 heteroatoms. The van der Waals surface area contributed by atoms with Crippen LogP contribution in [0.4, 0.5) is 0 Å². The van der Waals surface area contributed by atoms with Crippen molar-refractivity contribution >= 4 is 11.8 Å². The molecular formula is C14H18N4O2S. The van der Waals surface area contributed by atoms with Crippen LogP contribution in [0.25, 0.3) is 0 Å². The van der Waals surface area contributed by atoms with Crippen molar-refractivity contribution in [2.24, 2.45) is 0 Å². The lowest BCUT2D eigenvalue weighted by Crippen LogP contribution is -2.17. The van der Waals surface area contributed by atoms with Crippen LogP contribution < -0.4 is 0 Å². The van der Waals surface area contributed by atoms with Crippen molar-refractivity contribution in [1.29, 1.82) is 0 Å². The molecule has 0 aliphatic carbocycles. The maximum atomic E-state index is 10.2. The zero-order chi connectivity index (χ0) is 14.5. The Bertz CT molecular complexity index is 557. The third-order valence-corrected chi connectivity index (χ3v) is 4.49. The Labute approximate surface area is 127 Å². The molecule has 2 atom stereocenters. The number of hydrogen-bond acceptors (Lipinski definition) is 6. The molecule has 1 aliphatic heterocycles. The SMILES string of the molecule is O[C@@H](CSc1nnnn1C[C@H]1CCCO1)c1ccccc1. The Morgan fingerprint density at radius 1 is 1.38 bits per heavy atom. The highest BCUT2D eigenvalue weighted by Gasteiger charge is 2.19. The molecule has 1 saturated heterocycles. The highest BCUT2D eigenvalue weighted by atomic mass is 32.2. The first-order valence-corrected chi connectivity index (χ1v) is 8.05. The van der Waals surface area contributed by atoms with E-state index in [-0.39, 0.29) is 6.10 Å². The van der Waals surface area contributed by atoms with E-state index in [2.05, 4.69) is 15.5 Å². The number of benzene rings is 1. The van der Waals surface area contributed by atoms with Crippen molar-refractivity contribution in [2.45, 2.75) is 36.8 Å². The number of hydrogen-bond donors (Lipinski definition) is 1. The van der Waals surface area contributed by atoms with Crippen LogP contribution in [0.2, 0.25) is 0 Å². The number of nitrogens with zero attached hydrogens (tertiary/aromatic N) is 4. The first kappa shape index (κ1) is 14.5. The topological polar surface area (TPSA) is 73.1 Å². The summed E-state index contributed by atoms with van der Waals surface area (Å²) in [6.45, 7) is 1.50. The fourth-order valence-corrected chi connectivity index (χ4v) is 3.17. The Kier molecular flexibility index (Phi) is 4.84. The number of aromatic nitrogens is 4. The number of aliphatic hydroxyl groups is 1. The average molecular weight is 306 g/mol. The summed E-state index contributed by atoms with van der Waals surface area (Å²) in [7, 11) is 0. The quantitative estimate of drug-likeness (QED) is 0.819. The van der Waals surface area contributed by atoms with Crippen molar-refractivity contribution in [3.05, 3.63) is 35.9 Å². The van der Waals surface area contributed by atoms with Gasteiger partial charge in [-0.3, -0.25) is 0 Å². The zero-order valence-electron chi connectivity index (χ0n) is 11.6. The molecule has 1 N–H and O–H groups in total. The molecule has 0 spiro atoms. The second-order valence-electron chi connectivity index (χ2n) is 5.02. The lowest BCUT2D eigenvalue weighted by Gasteiger charge is -2.12. The summed E-state index contributed by atoms with van der Waals surface area (Å²) < 4.78 is 7.36. The minimum absolute atomic E-state index is 0.201. The van der Waals surface area contributed by atoms with E-state index >= 15 is 0 Å². The Hall–Kier alpha value is -1.44. The van der Waals surface area contributed by atoms with Crippen molar-refractivity contribution < 1.29 is 9.84 Å². The van der Waals surface area contributed by atoms with Gasteiger partial charge in [-0.1, -0.05) is 42.1 Å². The maximum absolute atomic E-state index is 10.2. The van der Waals surface area contributed by atoms with Gasteiger partial charge in [-0.05, 0) is 28.8 Å². The summed E-state index contributed by atoms with van der Waals surface area (Å²) in [6, 6.07) is 9.61. The molecule has 0 unspecified atom stereocenters. The van der Waals surface area contributed by atoms with Crippen LogP contribution in [0.15, 0.2) is 35.5 Å². The van der Waals surface area contributed by atoms with Gasteiger partial charge >= 0.3 is 0 Å². The van der Waals surface area contributed by atoms with Gasteiger partial charge in [0.15, 0.2) is 0 Å². The zero-order valence-corrected chi connectivity index (χ0v) is 12.4. The second kappa shape index (κ2) is 7.02. The van der Waals surface area contributed by atoms with Crippen molar-refractivity contribution in [3.8, 4) is 0 Å². The predicted octanol–water partition coefficient (Wildman–Crippen LogP) is 1.68. The normalized spacial score (nSPS) is 19.8. The smallest absolute Gasteiger partial charge is 0.209 e. The fourth-order valence-electron chi connectivity index (χ4n) is 2.32. The van der Waals surface area contributed by atoms with Crippen molar-refractivity contribution in [2.75, 3.05) is 12.4 Å². The molecule has 2 aromatic rings. The molecule has 0 bridgehead atoms. The predicted molar refractivity (Wildman–Crippen MR) is 78.9 cm³/mol. The Balaban J connectivity index is 1.57. The minimum Gasteiger partial charge on any atom is -0.388 e. The van der Waals surface area contributed by atoms with Crippen LogP contribution in [0, 0.1) is 0 Å². The summed E-state index contributed by atoms with van der Waals surface area (Å²) in [6.07, 6.45) is 1.83. The largest absolute Gasteiger partial charge is 0.388 e. The highest BCUT2D eigenvalue weighted by Crippen LogP contribution is 2.23. The highest BCUT2D eigenvalue weighted by molar-refractivity contribution is 7.99. The molecule has 0 saturated carbocycles. The number of thioether (sulfide) groups is 1. The average Bonchev–Trinajstić information content (AvgIpc) is 3.18. The van der Waals surface area contributed by atoms with Gasteiger partial charge < -0.3 is 9.84 Å². The lowest BCUT2D eigenvalue weighted by atomic mass is 10.1. The van der Waals surface area contributed by atoms with Gasteiger partial charge in [0.05, 0.1) is 18.8 Å². The molecule has 1 aromatic carbocycles. The molecule has 2 heterocycles. The van der Waals surface area contributed by atoms with E-state index in [1.54, 1.807) is 4.68 Å². The van der Waals surface area contributed by atoms with E-state index in [4.69, 9.17) is 4.74 Å². The molecule has 6 nitrogen and oxygen atoms in total. The first-order valence-electron chi connectivity index (χ1n) is 7.06. The number of rotatable bonds is 6. The van der Waals surface area contributed by atoms with Gasteiger partial charge in [0.1, 0.15) is 0 Å². The molecule has 21 heavy (non-hydrogen) atoms. The van der Waals surface area contributed by atoms with Gasteiger partial charge in [-0.15, -0.1) is 5.10 Å². The van der Waals surface area contributed by atoms with Gasteiger partial charge in [0.25, 0.3) is 0 Å². The second-order valence-corrected chi connectivity index (χ2v) is 6.00. The van der Waals surface area contributed by atoms with Crippen LogP contribution in [0.3, 0.4) is 0 Å². The Morgan fingerprint density at radius 2 is 2.24 bits per heavy atom. The van der Waals surface area contributed by atoms with Gasteiger partial charge in [-0.2, -0.15) is 0 Å². The van der Waals surface area contributed by atoms with E-state index in [0.29, 0.717) is 12.3 Å². The minimum atomic E-state index is -0.524. The van der Waals surface area contributed by atoms with Crippen LogP contribution in [0.5, 0.6) is 0 Å². The van der Waals surface area contributed by atoms with Crippen molar-refractivity contribution in [3.63, 3.8) is 0 Å². The molecule has 3 rings (SSSR count). The molecule has 0 radical (unpaired) electrons. The van der Waals surface area contributed by atoms with E-state index < -0.39 is 6.10 Å². The van der Waals surface area contributed by atoms with Gasteiger partial charge in [0, 0.05) is 12.4 Å². The molecular weight excluding hydrogens is 288 g/mol. The number of ether oxygens (including phenoxy) is 1.